The SMILES string of the molecule is NC/C=C/c1cccc(Oc2ccccc2)c1. The van der Waals surface area contributed by atoms with Crippen LogP contribution in [0.3, 0.4) is 0 Å². The van der Waals surface area contributed by atoms with Gasteiger partial charge in [-0.1, -0.05) is 42.5 Å². The zero-order valence-corrected chi connectivity index (χ0v) is 9.54. The first-order chi connectivity index (χ1) is 8.38. The van der Waals surface area contributed by atoms with E-state index >= 15 is 0 Å². The monoisotopic (exact) mass is 225 g/mol. The molecular formula is C15H15NO. The highest BCUT2D eigenvalue weighted by molar-refractivity contribution is 5.52. The molecule has 0 radical (unpaired) electrons. The second-order valence-electron chi connectivity index (χ2n) is 3.63. The number of rotatable bonds is 4. The van der Waals surface area contributed by atoms with Crippen molar-refractivity contribution in [2.45, 2.75) is 0 Å². The highest BCUT2D eigenvalue weighted by Crippen LogP contribution is 2.22. The maximum absolute atomic E-state index is 5.73. The molecule has 0 saturated carbocycles. The second kappa shape index (κ2) is 5.87. The van der Waals surface area contributed by atoms with Gasteiger partial charge >= 0.3 is 0 Å². The van der Waals surface area contributed by atoms with E-state index in [4.69, 9.17) is 10.5 Å². The van der Waals surface area contributed by atoms with Gasteiger partial charge in [-0.2, -0.15) is 0 Å². The van der Waals surface area contributed by atoms with E-state index < -0.39 is 0 Å². The number of ether oxygens (including phenoxy) is 1. The van der Waals surface area contributed by atoms with Crippen molar-refractivity contribution in [3.8, 4) is 11.5 Å². The van der Waals surface area contributed by atoms with Crippen molar-refractivity contribution in [1.29, 1.82) is 0 Å². The molecule has 0 fully saturated rings. The summed E-state index contributed by atoms with van der Waals surface area (Å²) in [7, 11) is 0. The lowest BCUT2D eigenvalue weighted by molar-refractivity contribution is 0.482. The molecule has 0 spiro atoms. The third kappa shape index (κ3) is 3.47. The Morgan fingerprint density at radius 2 is 1.71 bits per heavy atom. The topological polar surface area (TPSA) is 35.2 Å². The minimum absolute atomic E-state index is 0.545. The summed E-state index contributed by atoms with van der Waals surface area (Å²) in [4.78, 5) is 0. The molecule has 0 atom stereocenters. The normalized spacial score (nSPS) is 10.6. The average molecular weight is 225 g/mol. The summed E-state index contributed by atoms with van der Waals surface area (Å²) in [6.07, 6.45) is 3.90. The van der Waals surface area contributed by atoms with Crippen LogP contribution in [0.2, 0.25) is 0 Å². The number of para-hydroxylation sites is 1. The van der Waals surface area contributed by atoms with Gasteiger partial charge in [0, 0.05) is 6.54 Å². The van der Waals surface area contributed by atoms with Crippen molar-refractivity contribution < 1.29 is 4.74 Å². The zero-order chi connectivity index (χ0) is 11.9. The Kier molecular flexibility index (Phi) is 3.95. The van der Waals surface area contributed by atoms with Crippen molar-refractivity contribution in [3.05, 3.63) is 66.2 Å². The Morgan fingerprint density at radius 3 is 2.47 bits per heavy atom. The molecule has 0 aliphatic heterocycles. The van der Waals surface area contributed by atoms with Crippen LogP contribution >= 0.6 is 0 Å². The lowest BCUT2D eigenvalue weighted by atomic mass is 10.2. The van der Waals surface area contributed by atoms with E-state index in [0.717, 1.165) is 17.1 Å². The average Bonchev–Trinajstić information content (AvgIpc) is 2.38. The van der Waals surface area contributed by atoms with E-state index in [2.05, 4.69) is 0 Å². The van der Waals surface area contributed by atoms with Gasteiger partial charge in [0.25, 0.3) is 0 Å². The predicted molar refractivity (Wildman–Crippen MR) is 71.0 cm³/mol. The lowest BCUT2D eigenvalue weighted by Gasteiger charge is -2.05. The van der Waals surface area contributed by atoms with Crippen LogP contribution in [0.1, 0.15) is 5.56 Å². The first-order valence-corrected chi connectivity index (χ1v) is 5.58. The number of hydrogen-bond acceptors (Lipinski definition) is 2. The zero-order valence-electron chi connectivity index (χ0n) is 9.54. The first kappa shape index (κ1) is 11.4. The third-order valence-corrected chi connectivity index (χ3v) is 2.28. The van der Waals surface area contributed by atoms with Gasteiger partial charge in [0.1, 0.15) is 11.5 Å². The van der Waals surface area contributed by atoms with Gasteiger partial charge in [0.2, 0.25) is 0 Å². The molecule has 0 saturated heterocycles. The minimum atomic E-state index is 0.545. The van der Waals surface area contributed by atoms with Gasteiger partial charge in [-0.05, 0) is 29.8 Å². The van der Waals surface area contributed by atoms with Crippen LogP contribution in [0.25, 0.3) is 6.08 Å². The molecule has 0 unspecified atom stereocenters. The van der Waals surface area contributed by atoms with Gasteiger partial charge in [-0.15, -0.1) is 0 Å². The largest absolute Gasteiger partial charge is 0.457 e. The standard InChI is InChI=1S/C15H15NO/c16-11-5-7-13-6-4-10-15(12-13)17-14-8-2-1-3-9-14/h1-10,12H,11,16H2/b7-5+. The Hall–Kier alpha value is -2.06. The molecule has 0 bridgehead atoms. The summed E-state index contributed by atoms with van der Waals surface area (Å²) in [5.74, 6) is 1.67. The van der Waals surface area contributed by atoms with E-state index in [1.807, 2.05) is 66.7 Å². The molecule has 0 aromatic heterocycles. The van der Waals surface area contributed by atoms with E-state index in [-0.39, 0.29) is 0 Å². The molecular weight excluding hydrogens is 210 g/mol. The minimum Gasteiger partial charge on any atom is -0.457 e. The van der Waals surface area contributed by atoms with Crippen molar-refractivity contribution in [3.63, 3.8) is 0 Å². The molecule has 2 rings (SSSR count). The molecule has 2 aromatic rings. The van der Waals surface area contributed by atoms with Gasteiger partial charge in [-0.3, -0.25) is 0 Å². The molecule has 0 amide bonds. The van der Waals surface area contributed by atoms with Gasteiger partial charge < -0.3 is 10.5 Å². The van der Waals surface area contributed by atoms with Gasteiger partial charge in [0.15, 0.2) is 0 Å². The fourth-order valence-electron chi connectivity index (χ4n) is 1.51. The number of hydrogen-bond donors (Lipinski definition) is 1. The molecule has 17 heavy (non-hydrogen) atoms. The van der Waals surface area contributed by atoms with Crippen LogP contribution in [0.5, 0.6) is 11.5 Å². The highest BCUT2D eigenvalue weighted by Gasteiger charge is 1.96. The molecule has 0 heterocycles. The van der Waals surface area contributed by atoms with E-state index in [1.54, 1.807) is 0 Å². The molecule has 0 aliphatic rings. The van der Waals surface area contributed by atoms with Crippen molar-refractivity contribution in [2.75, 3.05) is 6.54 Å². The summed E-state index contributed by atoms with van der Waals surface area (Å²) >= 11 is 0. The van der Waals surface area contributed by atoms with Crippen LogP contribution < -0.4 is 10.5 Å². The molecule has 86 valence electrons. The molecule has 0 aliphatic carbocycles. The maximum atomic E-state index is 5.73. The van der Waals surface area contributed by atoms with Crippen LogP contribution in [-0.4, -0.2) is 6.54 Å². The van der Waals surface area contributed by atoms with Crippen LogP contribution in [0.4, 0.5) is 0 Å². The molecule has 2 N–H and O–H groups in total. The fourth-order valence-corrected chi connectivity index (χ4v) is 1.51. The maximum Gasteiger partial charge on any atom is 0.128 e. The highest BCUT2D eigenvalue weighted by atomic mass is 16.5. The molecule has 2 aromatic carbocycles. The van der Waals surface area contributed by atoms with Crippen LogP contribution in [0, 0.1) is 0 Å². The lowest BCUT2D eigenvalue weighted by Crippen LogP contribution is -1.92. The van der Waals surface area contributed by atoms with E-state index in [9.17, 15) is 0 Å². The van der Waals surface area contributed by atoms with Crippen molar-refractivity contribution in [2.24, 2.45) is 5.73 Å². The number of nitrogens with two attached hydrogens (primary N) is 1. The fraction of sp³-hybridized carbons (Fsp3) is 0.0667. The summed E-state index contributed by atoms with van der Waals surface area (Å²) in [6, 6.07) is 17.6. The number of benzene rings is 2. The van der Waals surface area contributed by atoms with E-state index in [0.29, 0.717) is 6.54 Å². The van der Waals surface area contributed by atoms with Crippen LogP contribution in [-0.2, 0) is 0 Å². The van der Waals surface area contributed by atoms with Crippen molar-refractivity contribution >= 4 is 6.08 Å². The smallest absolute Gasteiger partial charge is 0.128 e. The van der Waals surface area contributed by atoms with E-state index in [1.165, 1.54) is 0 Å². The molecule has 2 heteroatoms. The quantitative estimate of drug-likeness (QED) is 0.865. The predicted octanol–water partition coefficient (Wildman–Crippen LogP) is 3.45. The first-order valence-electron chi connectivity index (χ1n) is 5.58. The Labute approximate surface area is 101 Å². The second-order valence-corrected chi connectivity index (χ2v) is 3.63. The summed E-state index contributed by atoms with van der Waals surface area (Å²) in [6.45, 7) is 0.545. The van der Waals surface area contributed by atoms with Crippen molar-refractivity contribution in [1.82, 2.24) is 0 Å². The van der Waals surface area contributed by atoms with Gasteiger partial charge in [-0.25, -0.2) is 0 Å². The summed E-state index contributed by atoms with van der Waals surface area (Å²) < 4.78 is 5.73. The Bertz CT molecular complexity index is 491. The third-order valence-electron chi connectivity index (χ3n) is 2.28. The molecule has 2 nitrogen and oxygen atoms in total. The van der Waals surface area contributed by atoms with Crippen LogP contribution in [0.15, 0.2) is 60.7 Å². The summed E-state index contributed by atoms with van der Waals surface area (Å²) in [5.41, 5.74) is 6.51. The van der Waals surface area contributed by atoms with Gasteiger partial charge in [0.05, 0.1) is 0 Å². The Balaban J connectivity index is 2.14. The summed E-state index contributed by atoms with van der Waals surface area (Å²) in [5, 5.41) is 0. The Morgan fingerprint density at radius 1 is 0.941 bits per heavy atom.